The molecule has 1 fully saturated rings. The third-order valence-electron chi connectivity index (χ3n) is 3.41. The second-order valence-corrected chi connectivity index (χ2v) is 6.25. The van der Waals surface area contributed by atoms with Crippen LogP contribution in [0.1, 0.15) is 31.9 Å². The Bertz CT molecular complexity index is 409. The van der Waals surface area contributed by atoms with Crippen LogP contribution in [0.5, 0.6) is 0 Å². The van der Waals surface area contributed by atoms with E-state index in [0.717, 1.165) is 30.1 Å². The second-order valence-electron chi connectivity index (χ2n) is 4.84. The van der Waals surface area contributed by atoms with Crippen molar-refractivity contribution >= 4 is 17.4 Å². The van der Waals surface area contributed by atoms with E-state index in [1.807, 2.05) is 24.8 Å². The third kappa shape index (κ3) is 2.98. The van der Waals surface area contributed by atoms with Crippen molar-refractivity contribution < 1.29 is 4.39 Å². The van der Waals surface area contributed by atoms with Gasteiger partial charge in [-0.3, -0.25) is 0 Å². The van der Waals surface area contributed by atoms with Gasteiger partial charge >= 0.3 is 0 Å². The molecule has 1 saturated heterocycles. The molecule has 18 heavy (non-hydrogen) atoms. The van der Waals surface area contributed by atoms with Crippen molar-refractivity contribution in [2.45, 2.75) is 31.6 Å². The SMILES string of the molecule is CCC1CN(c2ccc(F)cc2[C@H](C)N)CCS1. The van der Waals surface area contributed by atoms with Crippen molar-refractivity contribution in [2.24, 2.45) is 5.73 Å². The van der Waals surface area contributed by atoms with Gasteiger partial charge in [-0.2, -0.15) is 11.8 Å². The second kappa shape index (κ2) is 5.93. The quantitative estimate of drug-likeness (QED) is 0.913. The van der Waals surface area contributed by atoms with Crippen LogP contribution in [-0.4, -0.2) is 24.1 Å². The molecule has 1 aromatic carbocycles. The Morgan fingerprint density at radius 1 is 1.56 bits per heavy atom. The molecule has 1 aromatic rings. The van der Waals surface area contributed by atoms with Crippen molar-refractivity contribution in [3.8, 4) is 0 Å². The first-order valence-electron chi connectivity index (χ1n) is 6.53. The normalized spacial score (nSPS) is 22.0. The number of hydrogen-bond donors (Lipinski definition) is 1. The van der Waals surface area contributed by atoms with Crippen LogP contribution in [-0.2, 0) is 0 Å². The topological polar surface area (TPSA) is 29.3 Å². The Labute approximate surface area is 113 Å². The molecule has 1 unspecified atom stereocenters. The summed E-state index contributed by atoms with van der Waals surface area (Å²) in [5.74, 6) is 0.929. The summed E-state index contributed by atoms with van der Waals surface area (Å²) in [7, 11) is 0. The van der Waals surface area contributed by atoms with Crippen molar-refractivity contribution in [1.29, 1.82) is 0 Å². The smallest absolute Gasteiger partial charge is 0.123 e. The molecule has 2 N–H and O–H groups in total. The number of nitrogens with zero attached hydrogens (tertiary/aromatic N) is 1. The zero-order valence-corrected chi connectivity index (χ0v) is 11.8. The van der Waals surface area contributed by atoms with Gasteiger partial charge in [-0.05, 0) is 37.1 Å². The van der Waals surface area contributed by atoms with Crippen LogP contribution in [0.3, 0.4) is 0 Å². The van der Waals surface area contributed by atoms with Gasteiger partial charge in [-0.25, -0.2) is 4.39 Å². The highest BCUT2D eigenvalue weighted by molar-refractivity contribution is 8.00. The van der Waals surface area contributed by atoms with Crippen LogP contribution in [0.25, 0.3) is 0 Å². The lowest BCUT2D eigenvalue weighted by atomic mass is 10.0. The molecule has 0 radical (unpaired) electrons. The maximum Gasteiger partial charge on any atom is 0.123 e. The minimum absolute atomic E-state index is 0.134. The minimum Gasteiger partial charge on any atom is -0.369 e. The van der Waals surface area contributed by atoms with E-state index in [1.165, 1.54) is 12.5 Å². The molecule has 1 aliphatic rings. The average molecular weight is 268 g/mol. The molecule has 0 spiro atoms. The molecule has 0 amide bonds. The maximum atomic E-state index is 13.3. The van der Waals surface area contributed by atoms with Crippen molar-refractivity contribution in [3.63, 3.8) is 0 Å². The monoisotopic (exact) mass is 268 g/mol. The van der Waals surface area contributed by atoms with Gasteiger partial charge in [0, 0.05) is 35.8 Å². The number of thioether (sulfide) groups is 1. The summed E-state index contributed by atoms with van der Waals surface area (Å²) in [4.78, 5) is 2.35. The number of halogens is 1. The van der Waals surface area contributed by atoms with E-state index in [9.17, 15) is 4.39 Å². The van der Waals surface area contributed by atoms with E-state index in [1.54, 1.807) is 6.07 Å². The number of hydrogen-bond acceptors (Lipinski definition) is 3. The van der Waals surface area contributed by atoms with Crippen molar-refractivity contribution in [1.82, 2.24) is 0 Å². The fourth-order valence-corrected chi connectivity index (χ4v) is 3.54. The summed E-state index contributed by atoms with van der Waals surface area (Å²) in [6.45, 7) is 6.19. The fraction of sp³-hybridized carbons (Fsp3) is 0.571. The van der Waals surface area contributed by atoms with E-state index in [-0.39, 0.29) is 11.9 Å². The molecule has 100 valence electrons. The summed E-state index contributed by atoms with van der Waals surface area (Å²) in [5, 5.41) is 0.671. The van der Waals surface area contributed by atoms with E-state index in [0.29, 0.717) is 5.25 Å². The van der Waals surface area contributed by atoms with E-state index < -0.39 is 0 Å². The summed E-state index contributed by atoms with van der Waals surface area (Å²) in [6, 6.07) is 4.84. The van der Waals surface area contributed by atoms with Crippen molar-refractivity contribution in [2.75, 3.05) is 23.7 Å². The molecular formula is C14H21FN2S. The molecule has 2 rings (SSSR count). The summed E-state index contributed by atoms with van der Waals surface area (Å²) < 4.78 is 13.3. The summed E-state index contributed by atoms with van der Waals surface area (Å²) in [6.07, 6.45) is 1.18. The third-order valence-corrected chi connectivity index (χ3v) is 4.79. The molecule has 4 heteroatoms. The predicted molar refractivity (Wildman–Crippen MR) is 77.8 cm³/mol. The Kier molecular flexibility index (Phi) is 4.51. The first-order chi connectivity index (χ1) is 8.61. The standard InChI is InChI=1S/C14H21FN2S/c1-3-12-9-17(6-7-18-12)14-5-4-11(15)8-13(14)10(2)16/h4-5,8,10,12H,3,6-7,9,16H2,1-2H3/t10-,12?/m0/s1. The molecular weight excluding hydrogens is 247 g/mol. The first kappa shape index (κ1) is 13.7. The van der Waals surface area contributed by atoms with Gasteiger partial charge < -0.3 is 10.6 Å². The summed E-state index contributed by atoms with van der Waals surface area (Å²) >= 11 is 2.03. The van der Waals surface area contributed by atoms with Gasteiger partial charge in [-0.1, -0.05) is 6.92 Å². The highest BCUT2D eigenvalue weighted by Crippen LogP contribution is 2.31. The lowest BCUT2D eigenvalue weighted by molar-refractivity contribution is 0.620. The van der Waals surface area contributed by atoms with Gasteiger partial charge in [0.1, 0.15) is 5.82 Å². The van der Waals surface area contributed by atoms with Gasteiger partial charge in [-0.15, -0.1) is 0 Å². The number of rotatable bonds is 3. The van der Waals surface area contributed by atoms with Crippen molar-refractivity contribution in [3.05, 3.63) is 29.6 Å². The minimum atomic E-state index is -0.204. The number of anilines is 1. The molecule has 1 heterocycles. The van der Waals surface area contributed by atoms with Crippen LogP contribution in [0.4, 0.5) is 10.1 Å². The predicted octanol–water partition coefficient (Wildman–Crippen LogP) is 3.18. The fourth-order valence-electron chi connectivity index (χ4n) is 2.36. The molecule has 2 nitrogen and oxygen atoms in total. The van der Waals surface area contributed by atoms with E-state index in [2.05, 4.69) is 11.8 Å². The number of nitrogens with two attached hydrogens (primary N) is 1. The Hall–Kier alpha value is -0.740. The maximum absolute atomic E-state index is 13.3. The lowest BCUT2D eigenvalue weighted by Gasteiger charge is -2.35. The largest absolute Gasteiger partial charge is 0.369 e. The molecule has 0 bridgehead atoms. The van der Waals surface area contributed by atoms with E-state index >= 15 is 0 Å². The molecule has 0 saturated carbocycles. The van der Waals surface area contributed by atoms with Gasteiger partial charge in [0.25, 0.3) is 0 Å². The average Bonchev–Trinajstić information content (AvgIpc) is 2.38. The van der Waals surface area contributed by atoms with Crippen LogP contribution < -0.4 is 10.6 Å². The highest BCUT2D eigenvalue weighted by atomic mass is 32.2. The van der Waals surface area contributed by atoms with Crippen LogP contribution in [0, 0.1) is 5.82 Å². The zero-order valence-electron chi connectivity index (χ0n) is 11.0. The lowest BCUT2D eigenvalue weighted by Crippen LogP contribution is -2.38. The Morgan fingerprint density at radius 2 is 2.33 bits per heavy atom. The van der Waals surface area contributed by atoms with Crippen LogP contribution >= 0.6 is 11.8 Å². The number of benzene rings is 1. The molecule has 0 aromatic heterocycles. The molecule has 0 aliphatic carbocycles. The Balaban J connectivity index is 2.26. The van der Waals surface area contributed by atoms with Crippen LogP contribution in [0.15, 0.2) is 18.2 Å². The molecule has 2 atom stereocenters. The summed E-state index contributed by atoms with van der Waals surface area (Å²) in [5.41, 5.74) is 7.97. The highest BCUT2D eigenvalue weighted by Gasteiger charge is 2.22. The van der Waals surface area contributed by atoms with Gasteiger partial charge in [0.2, 0.25) is 0 Å². The zero-order chi connectivity index (χ0) is 13.1. The van der Waals surface area contributed by atoms with Crippen LogP contribution in [0.2, 0.25) is 0 Å². The molecule has 1 aliphatic heterocycles. The van der Waals surface area contributed by atoms with E-state index in [4.69, 9.17) is 5.73 Å². The first-order valence-corrected chi connectivity index (χ1v) is 7.58. The van der Waals surface area contributed by atoms with Gasteiger partial charge in [0.05, 0.1) is 0 Å². The van der Waals surface area contributed by atoms with Gasteiger partial charge in [0.15, 0.2) is 0 Å². The Morgan fingerprint density at radius 3 is 3.00 bits per heavy atom.